The number of amides is 1. The molecule has 0 unspecified atom stereocenters. The first kappa shape index (κ1) is 17.4. The van der Waals surface area contributed by atoms with Crippen LogP contribution in [0.1, 0.15) is 15.9 Å². The molecule has 0 radical (unpaired) electrons. The van der Waals surface area contributed by atoms with E-state index in [2.05, 4.69) is 10.5 Å². The second-order valence-electron chi connectivity index (χ2n) is 4.44. The van der Waals surface area contributed by atoms with Gasteiger partial charge in [-0.2, -0.15) is 5.10 Å². The molecule has 2 aromatic carbocycles. The zero-order valence-corrected chi connectivity index (χ0v) is 13.9. The van der Waals surface area contributed by atoms with Gasteiger partial charge in [-0.25, -0.2) is 19.0 Å². The third kappa shape index (κ3) is 4.77. The van der Waals surface area contributed by atoms with Crippen LogP contribution in [0.2, 0.25) is 10.0 Å². The van der Waals surface area contributed by atoms with E-state index in [4.69, 9.17) is 28.3 Å². The van der Waals surface area contributed by atoms with Gasteiger partial charge in [0.05, 0.1) is 11.2 Å². The van der Waals surface area contributed by atoms with E-state index in [0.717, 1.165) is 6.07 Å². The molecule has 2 aromatic rings. The minimum Gasteiger partial charge on any atom is -0.267 e. The summed E-state index contributed by atoms with van der Waals surface area (Å²) in [6.45, 7) is 0. The molecule has 0 spiro atoms. The number of hydrazone groups is 1. The van der Waals surface area contributed by atoms with Crippen molar-refractivity contribution in [3.8, 4) is 0 Å². The van der Waals surface area contributed by atoms with Crippen molar-refractivity contribution in [2.75, 3.05) is 0 Å². The highest BCUT2D eigenvalue weighted by Gasteiger charge is 2.16. The van der Waals surface area contributed by atoms with E-state index in [1.807, 2.05) is 0 Å². The van der Waals surface area contributed by atoms with Crippen LogP contribution in [0.5, 0.6) is 0 Å². The third-order valence-electron chi connectivity index (χ3n) is 2.73. The summed E-state index contributed by atoms with van der Waals surface area (Å²) < 4.78 is 22.8. The topological polar surface area (TPSA) is 102 Å². The monoisotopic (exact) mass is 371 g/mol. The number of nitrogens with one attached hydrogen (secondary N) is 1. The molecule has 0 heterocycles. The average molecular weight is 372 g/mol. The fraction of sp³-hybridized carbons (Fsp3) is 0. The van der Waals surface area contributed by atoms with Crippen LogP contribution in [0.25, 0.3) is 0 Å². The standard InChI is InChI=1S/C14H11Cl2N3O3S/c15-11-3-1-2-9(6-11)8-18-19-14(20)10-4-5-12(16)13(7-10)23(17,21)22/h1-8H,(H,19,20)(H2,17,21,22). The lowest BCUT2D eigenvalue weighted by molar-refractivity contribution is 0.0955. The highest BCUT2D eigenvalue weighted by molar-refractivity contribution is 7.89. The quantitative estimate of drug-likeness (QED) is 0.636. The molecule has 0 aliphatic rings. The van der Waals surface area contributed by atoms with Crippen molar-refractivity contribution in [1.82, 2.24) is 5.43 Å². The van der Waals surface area contributed by atoms with Gasteiger partial charge in [0, 0.05) is 10.6 Å². The number of carbonyl (C=O) groups is 1. The van der Waals surface area contributed by atoms with Gasteiger partial charge >= 0.3 is 0 Å². The maximum Gasteiger partial charge on any atom is 0.271 e. The molecule has 2 rings (SSSR count). The number of benzene rings is 2. The van der Waals surface area contributed by atoms with Crippen molar-refractivity contribution in [1.29, 1.82) is 0 Å². The Bertz CT molecular complexity index is 883. The van der Waals surface area contributed by atoms with Gasteiger partial charge in [-0.3, -0.25) is 4.79 Å². The molecule has 1 amide bonds. The summed E-state index contributed by atoms with van der Waals surface area (Å²) in [6, 6.07) is 10.6. The molecule has 23 heavy (non-hydrogen) atoms. The minimum absolute atomic E-state index is 0.0571. The van der Waals surface area contributed by atoms with Gasteiger partial charge in [-0.05, 0) is 35.9 Å². The molecule has 120 valence electrons. The third-order valence-corrected chi connectivity index (χ3v) is 4.36. The number of hydrogen-bond donors (Lipinski definition) is 2. The predicted octanol–water partition coefficient (Wildman–Crippen LogP) is 2.40. The first-order chi connectivity index (χ1) is 10.8. The molecule has 0 fully saturated rings. The molecule has 3 N–H and O–H groups in total. The molecule has 0 bridgehead atoms. The van der Waals surface area contributed by atoms with Crippen molar-refractivity contribution in [2.45, 2.75) is 4.90 Å². The maximum atomic E-state index is 12.0. The summed E-state index contributed by atoms with van der Waals surface area (Å²) in [6.07, 6.45) is 1.40. The first-order valence-corrected chi connectivity index (χ1v) is 8.49. The van der Waals surface area contributed by atoms with Crippen molar-refractivity contribution in [2.24, 2.45) is 10.2 Å². The normalized spacial score (nSPS) is 11.6. The molecule has 0 saturated carbocycles. The number of sulfonamides is 1. The summed E-state index contributed by atoms with van der Waals surface area (Å²) >= 11 is 11.6. The van der Waals surface area contributed by atoms with Crippen LogP contribution in [0.3, 0.4) is 0 Å². The molecule has 0 atom stereocenters. The molecular weight excluding hydrogens is 361 g/mol. The Hall–Kier alpha value is -1.93. The van der Waals surface area contributed by atoms with E-state index >= 15 is 0 Å². The van der Waals surface area contributed by atoms with Crippen LogP contribution < -0.4 is 10.6 Å². The summed E-state index contributed by atoms with van der Waals surface area (Å²) in [5.74, 6) is -0.607. The van der Waals surface area contributed by atoms with E-state index < -0.39 is 15.9 Å². The van der Waals surface area contributed by atoms with Gasteiger partial charge < -0.3 is 0 Å². The molecule has 0 aliphatic carbocycles. The number of rotatable bonds is 4. The zero-order valence-electron chi connectivity index (χ0n) is 11.5. The molecule has 0 aliphatic heterocycles. The Kier molecular flexibility index (Phi) is 5.38. The SMILES string of the molecule is NS(=O)(=O)c1cc(C(=O)NN=Cc2cccc(Cl)c2)ccc1Cl. The minimum atomic E-state index is -4.02. The lowest BCUT2D eigenvalue weighted by Crippen LogP contribution is -2.19. The summed E-state index contributed by atoms with van der Waals surface area (Å²) in [7, 11) is -4.02. The number of nitrogens with two attached hydrogens (primary N) is 1. The van der Waals surface area contributed by atoms with Gasteiger partial charge in [-0.1, -0.05) is 35.3 Å². The van der Waals surface area contributed by atoms with Gasteiger partial charge in [0.1, 0.15) is 4.90 Å². The predicted molar refractivity (Wildman–Crippen MR) is 89.3 cm³/mol. The van der Waals surface area contributed by atoms with Crippen molar-refractivity contribution in [3.63, 3.8) is 0 Å². The Balaban J connectivity index is 2.15. The van der Waals surface area contributed by atoms with E-state index in [0.29, 0.717) is 10.6 Å². The molecule has 6 nitrogen and oxygen atoms in total. The summed E-state index contributed by atoms with van der Waals surface area (Å²) in [5, 5.41) is 9.28. The highest BCUT2D eigenvalue weighted by Crippen LogP contribution is 2.21. The van der Waals surface area contributed by atoms with Crippen molar-refractivity contribution in [3.05, 3.63) is 63.6 Å². The lowest BCUT2D eigenvalue weighted by atomic mass is 10.2. The average Bonchev–Trinajstić information content (AvgIpc) is 2.46. The van der Waals surface area contributed by atoms with Crippen LogP contribution in [-0.4, -0.2) is 20.5 Å². The second kappa shape index (κ2) is 7.10. The number of carbonyl (C=O) groups excluding carboxylic acids is 1. The number of nitrogens with zero attached hydrogens (tertiary/aromatic N) is 1. The first-order valence-electron chi connectivity index (χ1n) is 6.19. The van der Waals surface area contributed by atoms with Gasteiger partial charge in [0.15, 0.2) is 0 Å². The largest absolute Gasteiger partial charge is 0.271 e. The molecule has 9 heteroatoms. The van der Waals surface area contributed by atoms with Crippen molar-refractivity contribution < 1.29 is 13.2 Å². The number of hydrogen-bond acceptors (Lipinski definition) is 4. The fourth-order valence-electron chi connectivity index (χ4n) is 1.68. The van der Waals surface area contributed by atoms with Crippen LogP contribution in [0.4, 0.5) is 0 Å². The zero-order chi connectivity index (χ0) is 17.0. The van der Waals surface area contributed by atoms with Gasteiger partial charge in [0.25, 0.3) is 5.91 Å². The number of primary sulfonamides is 1. The van der Waals surface area contributed by atoms with Crippen molar-refractivity contribution >= 4 is 45.3 Å². The van der Waals surface area contributed by atoms with Crippen LogP contribution in [0.15, 0.2) is 52.5 Å². The van der Waals surface area contributed by atoms with Gasteiger partial charge in [-0.15, -0.1) is 0 Å². The Labute approximate surface area is 143 Å². The molecular formula is C14H11Cl2N3O3S. The van der Waals surface area contributed by atoms with Gasteiger partial charge in [0.2, 0.25) is 10.0 Å². The fourth-order valence-corrected chi connectivity index (χ4v) is 2.95. The Morgan fingerprint density at radius 3 is 2.57 bits per heavy atom. The maximum absolute atomic E-state index is 12.0. The lowest BCUT2D eigenvalue weighted by Gasteiger charge is -2.05. The Morgan fingerprint density at radius 1 is 1.17 bits per heavy atom. The van der Waals surface area contributed by atoms with E-state index in [1.165, 1.54) is 18.3 Å². The van der Waals surface area contributed by atoms with Crippen LogP contribution >= 0.6 is 23.2 Å². The van der Waals surface area contributed by atoms with E-state index in [1.54, 1.807) is 24.3 Å². The highest BCUT2D eigenvalue weighted by atomic mass is 35.5. The molecule has 0 saturated heterocycles. The van der Waals surface area contributed by atoms with E-state index in [-0.39, 0.29) is 15.5 Å². The number of halogens is 2. The summed E-state index contributed by atoms with van der Waals surface area (Å²) in [4.78, 5) is 11.6. The molecule has 0 aromatic heterocycles. The van der Waals surface area contributed by atoms with Crippen LogP contribution in [0, 0.1) is 0 Å². The smallest absolute Gasteiger partial charge is 0.267 e. The second-order valence-corrected chi connectivity index (χ2v) is 6.82. The Morgan fingerprint density at radius 2 is 1.91 bits per heavy atom. The summed E-state index contributed by atoms with van der Waals surface area (Å²) in [5.41, 5.74) is 3.02. The van der Waals surface area contributed by atoms with Crippen LogP contribution in [-0.2, 0) is 10.0 Å². The van der Waals surface area contributed by atoms with E-state index in [9.17, 15) is 13.2 Å².